The van der Waals surface area contributed by atoms with Gasteiger partial charge in [-0.25, -0.2) is 9.11 Å². The number of hydrogen-bond donors (Lipinski definition) is 1. The molecule has 1 amide bonds. The fraction of sp³-hybridized carbons (Fsp3) is 0.650. The summed E-state index contributed by atoms with van der Waals surface area (Å²) in [6.45, 7) is 0.495. The third-order valence-corrected chi connectivity index (χ3v) is 8.52. The zero-order valence-corrected chi connectivity index (χ0v) is 18.1. The maximum absolute atomic E-state index is 14.5. The fourth-order valence-corrected chi connectivity index (χ4v) is 6.32. The Morgan fingerprint density at radius 3 is 2.31 bits per heavy atom. The molecule has 9 heteroatoms. The molecule has 5 rings (SSSR count). The molecule has 4 aliphatic carbocycles. The van der Waals surface area contributed by atoms with Crippen LogP contribution in [0.15, 0.2) is 12.1 Å². The number of hydrogen-bond acceptors (Lipinski definition) is 4. The normalized spacial score (nSPS) is 30.6. The zero-order chi connectivity index (χ0) is 20.9. The first-order chi connectivity index (χ1) is 13.6. The topological polar surface area (TPSA) is 75.7 Å². The quantitative estimate of drug-likeness (QED) is 0.729. The number of carbonyl (C=O) groups excluding carboxylic acids is 1. The van der Waals surface area contributed by atoms with Crippen molar-refractivity contribution in [3.05, 3.63) is 28.5 Å². The Morgan fingerprint density at radius 2 is 1.76 bits per heavy atom. The van der Waals surface area contributed by atoms with Gasteiger partial charge in [0.2, 0.25) is 0 Å². The second kappa shape index (κ2) is 7.71. The molecule has 160 valence electrons. The van der Waals surface area contributed by atoms with Crippen molar-refractivity contribution in [1.82, 2.24) is 9.03 Å². The smallest absolute Gasteiger partial charge is 0.303 e. The summed E-state index contributed by atoms with van der Waals surface area (Å²) in [5.74, 6) is 1.79. The number of ether oxygens (including phenoxy) is 1. The van der Waals surface area contributed by atoms with Gasteiger partial charge in [0.15, 0.2) is 0 Å². The first-order valence-electron chi connectivity index (χ1n) is 10.0. The van der Waals surface area contributed by atoms with Gasteiger partial charge in [-0.3, -0.25) is 4.79 Å². The van der Waals surface area contributed by atoms with E-state index in [-0.39, 0.29) is 10.8 Å². The molecule has 4 aliphatic rings. The average molecular weight is 445 g/mol. The molecule has 1 aromatic rings. The molecule has 6 nitrogen and oxygen atoms in total. The van der Waals surface area contributed by atoms with E-state index in [1.165, 1.54) is 46.2 Å². The van der Waals surface area contributed by atoms with Gasteiger partial charge in [0, 0.05) is 20.2 Å². The third-order valence-electron chi connectivity index (χ3n) is 6.82. The Bertz CT molecular complexity index is 893. The Labute approximate surface area is 175 Å². The van der Waals surface area contributed by atoms with Crippen molar-refractivity contribution in [2.75, 3.05) is 20.7 Å². The van der Waals surface area contributed by atoms with Crippen molar-refractivity contribution in [3.8, 4) is 5.75 Å². The molecule has 0 aliphatic heterocycles. The van der Waals surface area contributed by atoms with Crippen LogP contribution in [-0.4, -0.2) is 39.3 Å². The number of rotatable bonds is 6. The second-order valence-electron chi connectivity index (χ2n) is 8.89. The highest BCUT2D eigenvalue weighted by Gasteiger charge is 2.48. The Morgan fingerprint density at radius 1 is 1.17 bits per heavy atom. The summed E-state index contributed by atoms with van der Waals surface area (Å²) in [6.07, 6.45) is 6.45. The van der Waals surface area contributed by atoms with E-state index in [0.717, 1.165) is 28.3 Å². The molecule has 0 unspecified atom stereocenters. The van der Waals surface area contributed by atoms with Crippen LogP contribution in [0.1, 0.15) is 42.5 Å². The number of amides is 1. The lowest BCUT2D eigenvalue weighted by Gasteiger charge is -2.54. The minimum absolute atomic E-state index is 0.0858. The van der Waals surface area contributed by atoms with Crippen LogP contribution in [0, 0.1) is 35.4 Å². The summed E-state index contributed by atoms with van der Waals surface area (Å²) in [5.41, 5.74) is -0.442. The molecular weight excluding hydrogens is 419 g/mol. The van der Waals surface area contributed by atoms with Crippen molar-refractivity contribution in [3.63, 3.8) is 0 Å². The summed E-state index contributed by atoms with van der Waals surface area (Å²) >= 11 is 6.22. The minimum Gasteiger partial charge on any atom is -0.492 e. The maximum Gasteiger partial charge on any atom is 0.303 e. The lowest BCUT2D eigenvalue weighted by atomic mass is 9.52. The van der Waals surface area contributed by atoms with Crippen LogP contribution < -0.4 is 9.46 Å². The highest BCUT2D eigenvalue weighted by Crippen LogP contribution is 2.56. The van der Waals surface area contributed by atoms with E-state index < -0.39 is 27.5 Å². The number of benzene rings is 1. The Hall–Kier alpha value is -1.38. The first kappa shape index (κ1) is 20.9. The molecule has 4 fully saturated rings. The molecule has 1 aromatic carbocycles. The molecule has 0 atom stereocenters. The fourth-order valence-electron chi connectivity index (χ4n) is 5.57. The van der Waals surface area contributed by atoms with Gasteiger partial charge in [0.1, 0.15) is 11.6 Å². The predicted molar refractivity (Wildman–Crippen MR) is 108 cm³/mol. The van der Waals surface area contributed by atoms with E-state index in [1.807, 2.05) is 0 Å². The largest absolute Gasteiger partial charge is 0.492 e. The van der Waals surface area contributed by atoms with E-state index in [0.29, 0.717) is 24.4 Å². The van der Waals surface area contributed by atoms with Crippen molar-refractivity contribution in [1.29, 1.82) is 0 Å². The van der Waals surface area contributed by atoms with Crippen LogP contribution in [0.2, 0.25) is 5.02 Å². The molecule has 0 spiro atoms. The van der Waals surface area contributed by atoms with Gasteiger partial charge in [-0.05, 0) is 67.8 Å². The summed E-state index contributed by atoms with van der Waals surface area (Å²) in [4.78, 5) is 12.2. The standard InChI is InChI=1S/C20H26ClFN2O4S/c1-24(2)29(26,27)23-20(25)15-8-17(21)19(9-18(15)22)28-10-16-13-4-11-3-12(6-13)7-14(16)5-11/h8-9,11-14,16H,3-7,10H2,1-2H3,(H,23,25). The first-order valence-corrected chi connectivity index (χ1v) is 11.8. The number of carbonyl (C=O) groups is 1. The van der Waals surface area contributed by atoms with Crippen LogP contribution in [-0.2, 0) is 10.2 Å². The van der Waals surface area contributed by atoms with Gasteiger partial charge < -0.3 is 4.74 Å². The van der Waals surface area contributed by atoms with Gasteiger partial charge in [-0.1, -0.05) is 11.6 Å². The van der Waals surface area contributed by atoms with Crippen molar-refractivity contribution in [2.24, 2.45) is 29.6 Å². The molecule has 0 heterocycles. The molecular formula is C20H26ClFN2O4S. The van der Waals surface area contributed by atoms with Gasteiger partial charge in [-0.2, -0.15) is 12.7 Å². The number of halogens is 2. The van der Waals surface area contributed by atoms with Crippen molar-refractivity contribution < 1.29 is 22.3 Å². The highest BCUT2D eigenvalue weighted by atomic mass is 35.5. The Kier molecular flexibility index (Phi) is 5.55. The monoisotopic (exact) mass is 444 g/mol. The SMILES string of the molecule is CN(C)S(=O)(=O)NC(=O)c1cc(Cl)c(OCC2C3CC4CC(C3)CC2C4)cc1F. The van der Waals surface area contributed by atoms with Crippen molar-refractivity contribution in [2.45, 2.75) is 32.1 Å². The summed E-state index contributed by atoms with van der Waals surface area (Å²) in [6, 6.07) is 2.18. The lowest BCUT2D eigenvalue weighted by molar-refractivity contribution is -0.0529. The van der Waals surface area contributed by atoms with Crippen LogP contribution in [0.5, 0.6) is 5.75 Å². The Balaban J connectivity index is 1.44. The molecule has 0 radical (unpaired) electrons. The van der Waals surface area contributed by atoms with Crippen LogP contribution in [0.25, 0.3) is 0 Å². The number of nitrogens with zero attached hydrogens (tertiary/aromatic N) is 1. The van der Waals surface area contributed by atoms with Crippen LogP contribution >= 0.6 is 11.6 Å². The zero-order valence-electron chi connectivity index (χ0n) is 16.5. The van der Waals surface area contributed by atoms with Gasteiger partial charge in [0.25, 0.3) is 5.91 Å². The summed E-state index contributed by atoms with van der Waals surface area (Å²) < 4.78 is 46.6. The summed E-state index contributed by atoms with van der Waals surface area (Å²) in [7, 11) is -1.50. The van der Waals surface area contributed by atoms with Crippen LogP contribution in [0.4, 0.5) is 4.39 Å². The second-order valence-corrected chi connectivity index (χ2v) is 11.2. The lowest BCUT2D eigenvalue weighted by Crippen LogP contribution is -2.47. The maximum atomic E-state index is 14.5. The van der Waals surface area contributed by atoms with E-state index in [1.54, 1.807) is 4.72 Å². The molecule has 1 N–H and O–H groups in total. The van der Waals surface area contributed by atoms with E-state index >= 15 is 0 Å². The third kappa shape index (κ3) is 4.11. The highest BCUT2D eigenvalue weighted by molar-refractivity contribution is 7.87. The van der Waals surface area contributed by atoms with Crippen LogP contribution in [0.3, 0.4) is 0 Å². The average Bonchev–Trinajstić information content (AvgIpc) is 2.62. The number of nitrogens with one attached hydrogen (secondary N) is 1. The van der Waals surface area contributed by atoms with E-state index in [9.17, 15) is 17.6 Å². The predicted octanol–water partition coefficient (Wildman–Crippen LogP) is 3.47. The van der Waals surface area contributed by atoms with Crippen molar-refractivity contribution >= 4 is 27.7 Å². The summed E-state index contributed by atoms with van der Waals surface area (Å²) in [5, 5.41) is 0.0858. The molecule has 29 heavy (non-hydrogen) atoms. The molecule has 4 saturated carbocycles. The van der Waals surface area contributed by atoms with E-state index in [2.05, 4.69) is 0 Å². The van der Waals surface area contributed by atoms with Gasteiger partial charge >= 0.3 is 10.2 Å². The van der Waals surface area contributed by atoms with Gasteiger partial charge in [0.05, 0.1) is 17.2 Å². The van der Waals surface area contributed by atoms with Gasteiger partial charge in [-0.15, -0.1) is 0 Å². The molecule has 0 aromatic heterocycles. The molecule has 4 bridgehead atoms. The van der Waals surface area contributed by atoms with E-state index in [4.69, 9.17) is 16.3 Å². The molecule has 0 saturated heterocycles. The minimum atomic E-state index is -4.03.